The van der Waals surface area contributed by atoms with Crippen LogP contribution in [-0.4, -0.2) is 39.9 Å². The number of halogens is 1. The summed E-state index contributed by atoms with van der Waals surface area (Å²) in [6.07, 6.45) is 3.46. The molecule has 5 heteroatoms. The molecule has 0 saturated carbocycles. The van der Waals surface area contributed by atoms with Gasteiger partial charge in [0.05, 0.1) is 16.4 Å². The van der Waals surface area contributed by atoms with Crippen LogP contribution in [0.25, 0.3) is 0 Å². The highest BCUT2D eigenvalue weighted by Gasteiger charge is 2.27. The van der Waals surface area contributed by atoms with Gasteiger partial charge in [-0.1, -0.05) is 32.4 Å². The van der Waals surface area contributed by atoms with E-state index in [9.17, 15) is 0 Å². The van der Waals surface area contributed by atoms with Gasteiger partial charge in [-0.05, 0) is 32.7 Å². The van der Waals surface area contributed by atoms with Gasteiger partial charge in [-0.2, -0.15) is 5.10 Å². The Labute approximate surface area is 133 Å². The minimum atomic E-state index is 0.545. The van der Waals surface area contributed by atoms with E-state index in [2.05, 4.69) is 47.7 Å². The predicted octanol–water partition coefficient (Wildman–Crippen LogP) is 3.08. The second-order valence-corrected chi connectivity index (χ2v) is 6.58. The smallest absolute Gasteiger partial charge is 0.0863 e. The molecule has 0 bridgehead atoms. The van der Waals surface area contributed by atoms with E-state index in [0.717, 1.165) is 43.3 Å². The monoisotopic (exact) mass is 312 g/mol. The summed E-state index contributed by atoms with van der Waals surface area (Å²) in [6.45, 7) is 12.7. The molecular weight excluding hydrogens is 284 g/mol. The first-order valence-electron chi connectivity index (χ1n) is 8.28. The maximum atomic E-state index is 6.54. The normalized spacial score (nSPS) is 19.8. The van der Waals surface area contributed by atoms with Crippen molar-refractivity contribution >= 4 is 11.6 Å². The first-order valence-corrected chi connectivity index (χ1v) is 8.66. The summed E-state index contributed by atoms with van der Waals surface area (Å²) >= 11 is 6.54. The van der Waals surface area contributed by atoms with Crippen LogP contribution in [0.4, 0.5) is 0 Å². The number of nitrogens with zero attached hydrogens (tertiary/aromatic N) is 3. The average molecular weight is 313 g/mol. The standard InChI is InChI=1S/C16H29ClN4/c1-5-14-16(17)15(21(6-2)19-14)11-20-9-7-8-13(20)10-18-12(3)4/h12-13,18H,5-11H2,1-4H3. The highest BCUT2D eigenvalue weighted by atomic mass is 35.5. The first-order chi connectivity index (χ1) is 10.1. The van der Waals surface area contributed by atoms with Crippen molar-refractivity contribution in [1.29, 1.82) is 0 Å². The van der Waals surface area contributed by atoms with Crippen LogP contribution in [0.15, 0.2) is 0 Å². The maximum Gasteiger partial charge on any atom is 0.0863 e. The summed E-state index contributed by atoms with van der Waals surface area (Å²) < 4.78 is 2.08. The Kier molecular flexibility index (Phi) is 6.08. The highest BCUT2D eigenvalue weighted by Crippen LogP contribution is 2.26. The molecule has 1 aliphatic rings. The van der Waals surface area contributed by atoms with Gasteiger partial charge in [0.25, 0.3) is 0 Å². The molecule has 1 saturated heterocycles. The van der Waals surface area contributed by atoms with Gasteiger partial charge in [-0.3, -0.25) is 9.58 Å². The third kappa shape index (κ3) is 3.99. The van der Waals surface area contributed by atoms with Crippen LogP contribution >= 0.6 is 11.6 Å². The van der Waals surface area contributed by atoms with Gasteiger partial charge in [-0.25, -0.2) is 0 Å². The maximum absolute atomic E-state index is 6.54. The minimum absolute atomic E-state index is 0.545. The summed E-state index contributed by atoms with van der Waals surface area (Å²) in [7, 11) is 0. The molecular formula is C16H29ClN4. The molecule has 0 radical (unpaired) electrons. The van der Waals surface area contributed by atoms with Gasteiger partial charge < -0.3 is 5.32 Å². The van der Waals surface area contributed by atoms with Crippen LogP contribution in [0.3, 0.4) is 0 Å². The first kappa shape index (κ1) is 16.8. The van der Waals surface area contributed by atoms with Crippen molar-refractivity contribution in [2.45, 2.75) is 72.1 Å². The Morgan fingerprint density at radius 2 is 2.14 bits per heavy atom. The van der Waals surface area contributed by atoms with Crippen molar-refractivity contribution in [2.24, 2.45) is 0 Å². The molecule has 1 N–H and O–H groups in total. The van der Waals surface area contributed by atoms with Crippen LogP contribution in [0.5, 0.6) is 0 Å². The van der Waals surface area contributed by atoms with Crippen LogP contribution in [0.1, 0.15) is 51.9 Å². The van der Waals surface area contributed by atoms with Crippen molar-refractivity contribution in [2.75, 3.05) is 13.1 Å². The third-order valence-corrected chi connectivity index (χ3v) is 4.74. The molecule has 1 aromatic heterocycles. The van der Waals surface area contributed by atoms with Crippen molar-refractivity contribution in [3.63, 3.8) is 0 Å². The zero-order valence-electron chi connectivity index (χ0n) is 13.8. The molecule has 0 amide bonds. The quantitative estimate of drug-likeness (QED) is 0.840. The molecule has 0 aromatic carbocycles. The van der Waals surface area contributed by atoms with E-state index in [4.69, 9.17) is 11.6 Å². The van der Waals surface area contributed by atoms with Gasteiger partial charge in [0.1, 0.15) is 0 Å². The fourth-order valence-corrected chi connectivity index (χ4v) is 3.40. The number of likely N-dealkylation sites (tertiary alicyclic amines) is 1. The Hall–Kier alpha value is -0.580. The van der Waals surface area contributed by atoms with Gasteiger partial charge in [0, 0.05) is 31.7 Å². The molecule has 4 nitrogen and oxygen atoms in total. The number of hydrogen-bond donors (Lipinski definition) is 1. The molecule has 1 unspecified atom stereocenters. The Bertz CT molecular complexity index is 455. The number of aryl methyl sites for hydroxylation is 2. The fourth-order valence-electron chi connectivity index (χ4n) is 3.07. The zero-order valence-corrected chi connectivity index (χ0v) is 14.6. The molecule has 1 aromatic rings. The molecule has 120 valence electrons. The topological polar surface area (TPSA) is 33.1 Å². The van der Waals surface area contributed by atoms with E-state index in [1.807, 2.05) is 0 Å². The number of rotatable bonds is 7. The lowest BCUT2D eigenvalue weighted by atomic mass is 10.2. The molecule has 0 spiro atoms. The van der Waals surface area contributed by atoms with E-state index in [1.54, 1.807) is 0 Å². The van der Waals surface area contributed by atoms with Gasteiger partial charge in [0.15, 0.2) is 0 Å². The molecule has 2 heterocycles. The predicted molar refractivity (Wildman–Crippen MR) is 88.9 cm³/mol. The van der Waals surface area contributed by atoms with E-state index >= 15 is 0 Å². The van der Waals surface area contributed by atoms with Crippen molar-refractivity contribution < 1.29 is 0 Å². The fraction of sp³-hybridized carbons (Fsp3) is 0.812. The summed E-state index contributed by atoms with van der Waals surface area (Å²) in [6, 6.07) is 1.16. The Morgan fingerprint density at radius 1 is 1.38 bits per heavy atom. The second kappa shape index (κ2) is 7.61. The van der Waals surface area contributed by atoms with Crippen molar-refractivity contribution in [1.82, 2.24) is 20.0 Å². The lowest BCUT2D eigenvalue weighted by Gasteiger charge is -2.26. The minimum Gasteiger partial charge on any atom is -0.313 e. The van der Waals surface area contributed by atoms with E-state index in [-0.39, 0.29) is 0 Å². The van der Waals surface area contributed by atoms with E-state index < -0.39 is 0 Å². The third-order valence-electron chi connectivity index (χ3n) is 4.31. The summed E-state index contributed by atoms with van der Waals surface area (Å²) in [4.78, 5) is 2.56. The second-order valence-electron chi connectivity index (χ2n) is 6.21. The van der Waals surface area contributed by atoms with E-state index in [1.165, 1.54) is 18.5 Å². The molecule has 2 rings (SSSR count). The van der Waals surface area contributed by atoms with Gasteiger partial charge in [0.2, 0.25) is 0 Å². The SMILES string of the molecule is CCc1nn(CC)c(CN2CCCC2CNC(C)C)c1Cl. The molecule has 1 fully saturated rings. The van der Waals surface area contributed by atoms with Crippen molar-refractivity contribution in [3.05, 3.63) is 16.4 Å². The van der Waals surface area contributed by atoms with Gasteiger partial charge >= 0.3 is 0 Å². The lowest BCUT2D eigenvalue weighted by Crippen LogP contribution is -2.40. The largest absolute Gasteiger partial charge is 0.313 e. The summed E-state index contributed by atoms with van der Waals surface area (Å²) in [5, 5.41) is 9.07. The Morgan fingerprint density at radius 3 is 2.76 bits per heavy atom. The van der Waals surface area contributed by atoms with E-state index in [0.29, 0.717) is 12.1 Å². The van der Waals surface area contributed by atoms with Crippen molar-refractivity contribution in [3.8, 4) is 0 Å². The van der Waals surface area contributed by atoms with Crippen LogP contribution in [-0.2, 0) is 19.5 Å². The molecule has 1 aliphatic heterocycles. The zero-order chi connectivity index (χ0) is 15.4. The number of aromatic nitrogens is 2. The lowest BCUT2D eigenvalue weighted by molar-refractivity contribution is 0.229. The molecule has 0 aliphatic carbocycles. The van der Waals surface area contributed by atoms with Crippen LogP contribution in [0.2, 0.25) is 5.02 Å². The summed E-state index contributed by atoms with van der Waals surface area (Å²) in [5.41, 5.74) is 2.22. The molecule has 21 heavy (non-hydrogen) atoms. The van der Waals surface area contributed by atoms with Crippen LogP contribution < -0.4 is 5.32 Å². The number of nitrogens with one attached hydrogen (secondary N) is 1. The summed E-state index contributed by atoms with van der Waals surface area (Å²) in [5.74, 6) is 0. The number of hydrogen-bond acceptors (Lipinski definition) is 3. The highest BCUT2D eigenvalue weighted by molar-refractivity contribution is 6.31. The average Bonchev–Trinajstić information content (AvgIpc) is 3.02. The Balaban J connectivity index is 2.08. The van der Waals surface area contributed by atoms with Crippen LogP contribution in [0, 0.1) is 0 Å². The molecule has 1 atom stereocenters. The van der Waals surface area contributed by atoms with Gasteiger partial charge in [-0.15, -0.1) is 0 Å².